The minimum Gasteiger partial charge on any atom is -0.387 e. The molecule has 7 nitrogen and oxygen atoms in total. The number of fused-ring (bicyclic) bond motifs is 1. The van der Waals surface area contributed by atoms with Gasteiger partial charge in [-0.1, -0.05) is 50.1 Å². The monoisotopic (exact) mass is 517 g/mol. The second-order valence-corrected chi connectivity index (χ2v) is 11.0. The number of halogens is 3. The molecule has 37 heavy (non-hydrogen) atoms. The Labute approximate surface area is 215 Å². The van der Waals surface area contributed by atoms with E-state index in [2.05, 4.69) is 10.1 Å². The van der Waals surface area contributed by atoms with Crippen LogP contribution in [0.15, 0.2) is 41.5 Å². The van der Waals surface area contributed by atoms with Crippen LogP contribution in [0.25, 0.3) is 0 Å². The minimum atomic E-state index is -4.38. The molecule has 200 valence electrons. The van der Waals surface area contributed by atoms with Gasteiger partial charge in [0.15, 0.2) is 5.82 Å². The summed E-state index contributed by atoms with van der Waals surface area (Å²) in [6.45, 7) is 3.45. The van der Waals surface area contributed by atoms with Gasteiger partial charge < -0.3 is 14.9 Å². The van der Waals surface area contributed by atoms with Gasteiger partial charge in [0.05, 0.1) is 31.1 Å². The van der Waals surface area contributed by atoms with Crippen molar-refractivity contribution in [3.05, 3.63) is 47.7 Å². The molecule has 3 heterocycles. The lowest BCUT2D eigenvalue weighted by Crippen LogP contribution is -2.64. The van der Waals surface area contributed by atoms with Gasteiger partial charge in [0.1, 0.15) is 0 Å². The third-order valence-electron chi connectivity index (χ3n) is 8.35. The topological polar surface area (TPSA) is 74.0 Å². The fourth-order valence-electron chi connectivity index (χ4n) is 6.41. The molecule has 0 radical (unpaired) electrons. The van der Waals surface area contributed by atoms with E-state index in [-0.39, 0.29) is 6.54 Å². The Kier molecular flexibility index (Phi) is 6.81. The second kappa shape index (κ2) is 9.78. The number of aliphatic imine (C=N–C) groups is 1. The number of piperidine rings is 1. The summed E-state index contributed by atoms with van der Waals surface area (Å²) in [5, 5.41) is 16.5. The van der Waals surface area contributed by atoms with Gasteiger partial charge in [-0.2, -0.15) is 18.3 Å². The minimum absolute atomic E-state index is 0.254. The van der Waals surface area contributed by atoms with Crippen molar-refractivity contribution in [1.82, 2.24) is 19.6 Å². The van der Waals surface area contributed by atoms with E-state index in [1.807, 2.05) is 46.1 Å². The summed E-state index contributed by atoms with van der Waals surface area (Å²) in [6, 6.07) is 10.1. The number of amides is 1. The highest BCUT2D eigenvalue weighted by Crippen LogP contribution is 2.51. The zero-order valence-corrected chi connectivity index (χ0v) is 21.1. The van der Waals surface area contributed by atoms with E-state index >= 15 is 0 Å². The third-order valence-corrected chi connectivity index (χ3v) is 8.35. The molecule has 1 aromatic carbocycles. The molecule has 1 N–H and O–H groups in total. The molecule has 1 spiro atoms. The van der Waals surface area contributed by atoms with Gasteiger partial charge in [-0.15, -0.1) is 0 Å². The van der Waals surface area contributed by atoms with Crippen LogP contribution in [-0.4, -0.2) is 68.3 Å². The highest BCUT2D eigenvalue weighted by molar-refractivity contribution is 5.78. The number of alkyl halides is 3. The number of carbonyl (C=O) groups excluding carboxylic acids is 1. The zero-order chi connectivity index (χ0) is 26.3. The van der Waals surface area contributed by atoms with Crippen LogP contribution in [0.4, 0.5) is 19.0 Å². The molecular formula is C27H34F3N5O2. The fraction of sp³-hybridized carbons (Fsp3) is 0.593. The molecule has 1 unspecified atom stereocenters. The fourth-order valence-corrected chi connectivity index (χ4v) is 6.41. The van der Waals surface area contributed by atoms with Crippen LogP contribution in [0.2, 0.25) is 0 Å². The van der Waals surface area contributed by atoms with Gasteiger partial charge in [-0.05, 0) is 24.8 Å². The zero-order valence-electron chi connectivity index (χ0n) is 21.1. The molecule has 3 aliphatic rings. The molecule has 10 heteroatoms. The number of rotatable bonds is 6. The summed E-state index contributed by atoms with van der Waals surface area (Å²) >= 11 is 0. The van der Waals surface area contributed by atoms with Gasteiger partial charge >= 0.3 is 6.18 Å². The van der Waals surface area contributed by atoms with Crippen LogP contribution in [0.5, 0.6) is 0 Å². The highest BCUT2D eigenvalue weighted by atomic mass is 19.4. The summed E-state index contributed by atoms with van der Waals surface area (Å²) < 4.78 is 40.6. The molecule has 2 atom stereocenters. The standard InChI is InChI=1S/C27H34F3N5O2/c1-20(13-27(28,29)30)24(36)34-12-11-26(37,25(17-34)9-5-6-10-25)18-33-16-22-14-32-35(23(22)31-19-33)15-21-7-3-2-4-8-21/h2-4,7-8,14,19-20,37H,5-6,9-13,15-18H2,1H3/t20-,26?/m1/s1. The Morgan fingerprint density at radius 2 is 1.89 bits per heavy atom. The van der Waals surface area contributed by atoms with Gasteiger partial charge in [0, 0.05) is 43.1 Å². The van der Waals surface area contributed by atoms with Gasteiger partial charge in [0.25, 0.3) is 0 Å². The molecule has 1 amide bonds. The number of hydrogen-bond donors (Lipinski definition) is 1. The highest BCUT2D eigenvalue weighted by Gasteiger charge is 2.56. The van der Waals surface area contributed by atoms with Crippen molar-refractivity contribution >= 4 is 18.1 Å². The van der Waals surface area contributed by atoms with Crippen LogP contribution in [0.3, 0.4) is 0 Å². The molecule has 1 saturated heterocycles. The maximum absolute atomic E-state index is 12.9. The summed E-state index contributed by atoms with van der Waals surface area (Å²) in [5.41, 5.74) is 0.534. The normalized spacial score (nSPS) is 23.9. The quantitative estimate of drug-likeness (QED) is 0.612. The van der Waals surface area contributed by atoms with Crippen molar-refractivity contribution in [2.24, 2.45) is 16.3 Å². The first-order chi connectivity index (χ1) is 17.6. The Bertz CT molecular complexity index is 1140. The lowest BCUT2D eigenvalue weighted by atomic mass is 9.65. The molecule has 5 rings (SSSR count). The molecule has 0 bridgehead atoms. The van der Waals surface area contributed by atoms with E-state index in [0.717, 1.165) is 42.6 Å². The first-order valence-corrected chi connectivity index (χ1v) is 13.0. The van der Waals surface area contributed by atoms with Crippen molar-refractivity contribution in [2.45, 2.75) is 70.3 Å². The smallest absolute Gasteiger partial charge is 0.387 e. The second-order valence-electron chi connectivity index (χ2n) is 11.0. The predicted molar refractivity (Wildman–Crippen MR) is 133 cm³/mol. The largest absolute Gasteiger partial charge is 0.389 e. The number of aromatic nitrogens is 2. The molecule has 1 saturated carbocycles. The predicted octanol–water partition coefficient (Wildman–Crippen LogP) is 4.52. The Morgan fingerprint density at radius 3 is 2.59 bits per heavy atom. The molecule has 1 aliphatic carbocycles. The van der Waals surface area contributed by atoms with E-state index < -0.39 is 35.4 Å². The molecule has 2 aromatic rings. The number of benzene rings is 1. The third kappa shape index (κ3) is 5.26. The summed E-state index contributed by atoms with van der Waals surface area (Å²) in [4.78, 5) is 21.1. The molecule has 2 fully saturated rings. The Morgan fingerprint density at radius 1 is 1.16 bits per heavy atom. The van der Waals surface area contributed by atoms with Crippen molar-refractivity contribution in [2.75, 3.05) is 19.6 Å². The maximum Gasteiger partial charge on any atom is 0.389 e. The average molecular weight is 518 g/mol. The van der Waals surface area contributed by atoms with E-state index in [0.29, 0.717) is 32.6 Å². The SMILES string of the molecule is C[C@H](CC(F)(F)F)C(=O)N1CCC(O)(CN2C=Nc3c(cnn3Cc3ccccc3)C2)C2(CCCC2)C1. The first kappa shape index (κ1) is 25.8. The lowest BCUT2D eigenvalue weighted by molar-refractivity contribution is -0.172. The Hall–Kier alpha value is -2.88. The van der Waals surface area contributed by atoms with Gasteiger partial charge in [0.2, 0.25) is 5.91 Å². The van der Waals surface area contributed by atoms with Crippen molar-refractivity contribution in [3.8, 4) is 0 Å². The van der Waals surface area contributed by atoms with E-state index in [1.54, 1.807) is 11.2 Å². The number of carbonyl (C=O) groups is 1. The summed E-state index contributed by atoms with van der Waals surface area (Å²) in [7, 11) is 0. The van der Waals surface area contributed by atoms with E-state index in [1.165, 1.54) is 6.92 Å². The van der Waals surface area contributed by atoms with Gasteiger partial charge in [-0.3, -0.25) is 4.79 Å². The van der Waals surface area contributed by atoms with E-state index in [4.69, 9.17) is 0 Å². The van der Waals surface area contributed by atoms with Crippen molar-refractivity contribution in [3.63, 3.8) is 0 Å². The summed E-state index contributed by atoms with van der Waals surface area (Å²) in [5.74, 6) is -0.785. The average Bonchev–Trinajstić information content (AvgIpc) is 3.48. The van der Waals surface area contributed by atoms with Crippen LogP contribution in [0.1, 0.15) is 56.6 Å². The molecule has 1 aromatic heterocycles. The summed E-state index contributed by atoms with van der Waals surface area (Å²) in [6.07, 6.45) is 1.80. The van der Waals surface area contributed by atoms with Crippen LogP contribution >= 0.6 is 0 Å². The Balaban J connectivity index is 1.28. The van der Waals surface area contributed by atoms with Crippen LogP contribution in [0, 0.1) is 11.3 Å². The van der Waals surface area contributed by atoms with Gasteiger partial charge in [-0.25, -0.2) is 9.67 Å². The first-order valence-electron chi connectivity index (χ1n) is 13.0. The van der Waals surface area contributed by atoms with Crippen LogP contribution < -0.4 is 0 Å². The number of hydrogen-bond acceptors (Lipinski definition) is 5. The van der Waals surface area contributed by atoms with Crippen molar-refractivity contribution < 1.29 is 23.1 Å². The molecular weight excluding hydrogens is 483 g/mol. The number of nitrogens with zero attached hydrogens (tertiary/aromatic N) is 5. The van der Waals surface area contributed by atoms with E-state index in [9.17, 15) is 23.1 Å². The number of aliphatic hydroxyl groups is 1. The number of likely N-dealkylation sites (tertiary alicyclic amines) is 1. The number of β-amino-alcohol motifs (C(OH)–C–C–N with tert-alkyl or cyclic N) is 1. The maximum atomic E-state index is 12.9. The lowest BCUT2D eigenvalue weighted by Gasteiger charge is -2.54. The molecule has 2 aliphatic heterocycles. The van der Waals surface area contributed by atoms with Crippen LogP contribution in [-0.2, 0) is 17.9 Å². The van der Waals surface area contributed by atoms with Crippen molar-refractivity contribution in [1.29, 1.82) is 0 Å².